The summed E-state index contributed by atoms with van der Waals surface area (Å²) >= 11 is 2.82. The minimum absolute atomic E-state index is 0.0568. The fourth-order valence-corrected chi connectivity index (χ4v) is 4.23. The lowest BCUT2D eigenvalue weighted by Gasteiger charge is -2.15. The molecule has 0 aliphatic heterocycles. The highest BCUT2D eigenvalue weighted by Gasteiger charge is 2.15. The van der Waals surface area contributed by atoms with Crippen LogP contribution in [0.4, 0.5) is 0 Å². The Morgan fingerprint density at radius 3 is 2.61 bits per heavy atom. The SMILES string of the molecule is CC(C)Cc1ccc(C(C)NC(=O)CSc2nnc(-c3cccs3)n2N)cc1. The van der Waals surface area contributed by atoms with Crippen LogP contribution in [0.25, 0.3) is 10.7 Å². The molecule has 0 radical (unpaired) electrons. The predicted molar refractivity (Wildman–Crippen MR) is 116 cm³/mol. The molecule has 0 fully saturated rings. The van der Waals surface area contributed by atoms with Crippen molar-refractivity contribution in [2.45, 2.75) is 38.4 Å². The first-order chi connectivity index (χ1) is 13.4. The minimum atomic E-state index is -0.0653. The molecule has 0 saturated carbocycles. The van der Waals surface area contributed by atoms with Gasteiger partial charge < -0.3 is 11.2 Å². The summed E-state index contributed by atoms with van der Waals surface area (Å²) in [5.74, 6) is 7.47. The molecule has 28 heavy (non-hydrogen) atoms. The third-order valence-electron chi connectivity index (χ3n) is 4.24. The van der Waals surface area contributed by atoms with Gasteiger partial charge in [0.1, 0.15) is 0 Å². The number of thioether (sulfide) groups is 1. The van der Waals surface area contributed by atoms with Crippen molar-refractivity contribution in [3.8, 4) is 10.7 Å². The Balaban J connectivity index is 1.53. The molecule has 3 N–H and O–H groups in total. The molecule has 148 valence electrons. The average Bonchev–Trinajstić information content (AvgIpc) is 3.29. The number of amides is 1. The Kier molecular flexibility index (Phi) is 6.74. The summed E-state index contributed by atoms with van der Waals surface area (Å²) in [6.45, 7) is 6.40. The molecule has 6 nitrogen and oxygen atoms in total. The molecule has 0 bridgehead atoms. The van der Waals surface area contributed by atoms with Crippen molar-refractivity contribution in [1.82, 2.24) is 20.2 Å². The Hall–Kier alpha value is -2.32. The van der Waals surface area contributed by atoms with Crippen LogP contribution in [-0.4, -0.2) is 26.5 Å². The van der Waals surface area contributed by atoms with Crippen LogP contribution in [0.3, 0.4) is 0 Å². The fourth-order valence-electron chi connectivity index (χ4n) is 2.86. The zero-order chi connectivity index (χ0) is 20.1. The van der Waals surface area contributed by atoms with Gasteiger partial charge in [0.15, 0.2) is 5.82 Å². The Morgan fingerprint density at radius 2 is 1.96 bits per heavy atom. The molecule has 1 unspecified atom stereocenters. The minimum Gasteiger partial charge on any atom is -0.349 e. The molecule has 1 aromatic carbocycles. The van der Waals surface area contributed by atoms with Crippen molar-refractivity contribution in [2.75, 3.05) is 11.6 Å². The second kappa shape index (κ2) is 9.25. The van der Waals surface area contributed by atoms with E-state index in [0.717, 1.165) is 16.9 Å². The summed E-state index contributed by atoms with van der Waals surface area (Å²) in [5.41, 5.74) is 2.41. The molecule has 0 spiro atoms. The summed E-state index contributed by atoms with van der Waals surface area (Å²) in [6.07, 6.45) is 1.06. The number of carbonyl (C=O) groups excluding carboxylic acids is 1. The number of hydrogen-bond donors (Lipinski definition) is 2. The maximum atomic E-state index is 12.3. The molecule has 2 aromatic heterocycles. The number of rotatable bonds is 8. The van der Waals surface area contributed by atoms with Crippen LogP contribution in [0.2, 0.25) is 0 Å². The smallest absolute Gasteiger partial charge is 0.230 e. The van der Waals surface area contributed by atoms with Gasteiger partial charge in [-0.2, -0.15) is 0 Å². The van der Waals surface area contributed by atoms with Crippen molar-refractivity contribution in [2.24, 2.45) is 5.92 Å². The number of hydrogen-bond acceptors (Lipinski definition) is 6. The number of nitrogen functional groups attached to an aromatic ring is 1. The van der Waals surface area contributed by atoms with Gasteiger partial charge in [0, 0.05) is 0 Å². The van der Waals surface area contributed by atoms with Crippen molar-refractivity contribution in [3.63, 3.8) is 0 Å². The number of nitrogens with two attached hydrogens (primary N) is 1. The van der Waals surface area contributed by atoms with Crippen molar-refractivity contribution >= 4 is 29.0 Å². The molecular weight excluding hydrogens is 390 g/mol. The quantitative estimate of drug-likeness (QED) is 0.431. The van der Waals surface area contributed by atoms with Gasteiger partial charge >= 0.3 is 0 Å². The second-order valence-corrected chi connectivity index (χ2v) is 8.96. The Labute approximate surface area is 173 Å². The van der Waals surface area contributed by atoms with Gasteiger partial charge in [-0.05, 0) is 41.8 Å². The Morgan fingerprint density at radius 1 is 1.21 bits per heavy atom. The van der Waals surface area contributed by atoms with E-state index in [0.29, 0.717) is 16.9 Å². The summed E-state index contributed by atoms with van der Waals surface area (Å²) < 4.78 is 1.43. The number of thiophene rings is 1. The van der Waals surface area contributed by atoms with Crippen LogP contribution in [0.1, 0.15) is 37.9 Å². The molecule has 1 atom stereocenters. The van der Waals surface area contributed by atoms with Gasteiger partial charge in [-0.25, -0.2) is 4.68 Å². The lowest BCUT2D eigenvalue weighted by molar-refractivity contribution is -0.119. The van der Waals surface area contributed by atoms with Crippen LogP contribution in [0.15, 0.2) is 46.9 Å². The highest BCUT2D eigenvalue weighted by atomic mass is 32.2. The van der Waals surface area contributed by atoms with E-state index in [9.17, 15) is 4.79 Å². The molecule has 0 saturated heterocycles. The third-order valence-corrected chi connectivity index (χ3v) is 6.05. The highest BCUT2D eigenvalue weighted by molar-refractivity contribution is 7.99. The molecule has 0 aliphatic rings. The van der Waals surface area contributed by atoms with Crippen LogP contribution in [0.5, 0.6) is 0 Å². The van der Waals surface area contributed by atoms with Gasteiger partial charge in [0.25, 0.3) is 0 Å². The number of nitrogens with one attached hydrogen (secondary N) is 1. The fraction of sp³-hybridized carbons (Fsp3) is 0.350. The molecule has 0 aliphatic carbocycles. The van der Waals surface area contributed by atoms with Crippen molar-refractivity contribution < 1.29 is 4.79 Å². The molecular formula is C20H25N5OS2. The number of aromatic nitrogens is 3. The largest absolute Gasteiger partial charge is 0.349 e. The topological polar surface area (TPSA) is 85.8 Å². The van der Waals surface area contributed by atoms with Gasteiger partial charge in [0.2, 0.25) is 11.1 Å². The van der Waals surface area contributed by atoms with E-state index < -0.39 is 0 Å². The first kappa shape index (κ1) is 20.4. The second-order valence-electron chi connectivity index (χ2n) is 7.07. The van der Waals surface area contributed by atoms with Crippen LogP contribution in [0, 0.1) is 5.92 Å². The number of nitrogens with zero attached hydrogens (tertiary/aromatic N) is 3. The standard InChI is InChI=1S/C20H25N5OS2/c1-13(2)11-15-6-8-16(9-7-15)14(3)22-18(26)12-28-20-24-23-19(25(20)21)17-5-4-10-27-17/h4-10,13-14H,11-12,21H2,1-3H3,(H,22,26). The zero-order valence-corrected chi connectivity index (χ0v) is 17.9. The summed E-state index contributed by atoms with van der Waals surface area (Å²) in [5, 5.41) is 13.7. The van der Waals surface area contributed by atoms with E-state index in [1.54, 1.807) is 11.3 Å². The van der Waals surface area contributed by atoms with E-state index in [1.165, 1.54) is 22.0 Å². The number of carbonyl (C=O) groups is 1. The van der Waals surface area contributed by atoms with Crippen LogP contribution in [-0.2, 0) is 11.2 Å². The lowest BCUT2D eigenvalue weighted by atomic mass is 10.00. The van der Waals surface area contributed by atoms with Gasteiger partial charge in [-0.3, -0.25) is 4.79 Å². The summed E-state index contributed by atoms with van der Waals surface area (Å²) in [4.78, 5) is 13.3. The maximum absolute atomic E-state index is 12.3. The van der Waals surface area contributed by atoms with E-state index in [-0.39, 0.29) is 17.7 Å². The lowest BCUT2D eigenvalue weighted by Crippen LogP contribution is -2.28. The van der Waals surface area contributed by atoms with Crippen LogP contribution < -0.4 is 11.2 Å². The summed E-state index contributed by atoms with van der Waals surface area (Å²) in [7, 11) is 0. The van der Waals surface area contributed by atoms with Gasteiger partial charge in [-0.1, -0.05) is 55.9 Å². The normalized spacial score (nSPS) is 12.3. The van der Waals surface area contributed by atoms with E-state index >= 15 is 0 Å². The molecule has 1 amide bonds. The zero-order valence-electron chi connectivity index (χ0n) is 16.3. The van der Waals surface area contributed by atoms with E-state index in [4.69, 9.17) is 5.84 Å². The third kappa shape index (κ3) is 5.14. The van der Waals surface area contributed by atoms with Crippen molar-refractivity contribution in [3.05, 3.63) is 52.9 Å². The first-order valence-electron chi connectivity index (χ1n) is 9.19. The van der Waals surface area contributed by atoms with Gasteiger partial charge in [-0.15, -0.1) is 21.5 Å². The van der Waals surface area contributed by atoms with Crippen molar-refractivity contribution in [1.29, 1.82) is 0 Å². The molecule has 3 rings (SSSR count). The first-order valence-corrected chi connectivity index (χ1v) is 11.1. The molecule has 3 aromatic rings. The molecule has 8 heteroatoms. The van der Waals surface area contributed by atoms with E-state index in [1.807, 2.05) is 24.4 Å². The van der Waals surface area contributed by atoms with E-state index in [2.05, 4.69) is 53.6 Å². The van der Waals surface area contributed by atoms with Gasteiger partial charge in [0.05, 0.1) is 16.7 Å². The highest BCUT2D eigenvalue weighted by Crippen LogP contribution is 2.25. The summed E-state index contributed by atoms with van der Waals surface area (Å²) in [6, 6.07) is 12.3. The van der Waals surface area contributed by atoms with Crippen LogP contribution >= 0.6 is 23.1 Å². The average molecular weight is 416 g/mol. The molecule has 2 heterocycles. The maximum Gasteiger partial charge on any atom is 0.230 e. The monoisotopic (exact) mass is 415 g/mol. The predicted octanol–water partition coefficient (Wildman–Crippen LogP) is 3.89. The number of benzene rings is 1. The Bertz CT molecular complexity index is 903.